The van der Waals surface area contributed by atoms with E-state index in [1.54, 1.807) is 0 Å². The maximum atomic E-state index is 10.4. The fourth-order valence-corrected chi connectivity index (χ4v) is 0.721. The summed E-state index contributed by atoms with van der Waals surface area (Å²) < 4.78 is 0. The summed E-state index contributed by atoms with van der Waals surface area (Å²) >= 11 is 0. The molecule has 0 aromatic rings. The van der Waals surface area contributed by atoms with Crippen molar-refractivity contribution >= 4 is 11.9 Å². The zero-order chi connectivity index (χ0) is 11.3. The number of carboxylic acids is 2. The van der Waals surface area contributed by atoms with E-state index in [9.17, 15) is 9.59 Å². The minimum Gasteiger partial charge on any atom is -0.478 e. The molecule has 0 saturated heterocycles. The first kappa shape index (κ1) is 12.2. The summed E-state index contributed by atoms with van der Waals surface area (Å²) in [5.41, 5.74) is 0.582. The normalized spacial score (nSPS) is 12.4. The van der Waals surface area contributed by atoms with Gasteiger partial charge in [0.2, 0.25) is 0 Å². The van der Waals surface area contributed by atoms with Crippen LogP contribution in [0.2, 0.25) is 0 Å². The SMILES string of the molecule is C=C(C=C(C)C(=O)O)C=C(C)C(=O)O. The zero-order valence-corrected chi connectivity index (χ0v) is 8.07. The molecule has 4 heteroatoms. The van der Waals surface area contributed by atoms with Gasteiger partial charge in [0.05, 0.1) is 0 Å². The summed E-state index contributed by atoms with van der Waals surface area (Å²) in [4.78, 5) is 20.8. The number of aliphatic carboxylic acids is 2. The van der Waals surface area contributed by atoms with Crippen LogP contribution in [0.3, 0.4) is 0 Å². The Kier molecular flexibility index (Phi) is 4.35. The van der Waals surface area contributed by atoms with Crippen molar-refractivity contribution in [1.29, 1.82) is 0 Å². The standard InChI is InChI=1S/C10H12O4/c1-6(4-7(2)9(11)12)5-8(3)10(13)14/h4-5H,1H2,2-3H3,(H,11,12)(H,13,14). The summed E-state index contributed by atoms with van der Waals surface area (Å²) in [7, 11) is 0. The van der Waals surface area contributed by atoms with Gasteiger partial charge in [-0.05, 0) is 31.6 Å². The highest BCUT2D eigenvalue weighted by Gasteiger charge is 2.02. The molecular formula is C10H12O4. The Morgan fingerprint density at radius 2 is 1.29 bits per heavy atom. The number of carbonyl (C=O) groups is 2. The van der Waals surface area contributed by atoms with E-state index in [1.807, 2.05) is 0 Å². The zero-order valence-electron chi connectivity index (χ0n) is 8.07. The van der Waals surface area contributed by atoms with Gasteiger partial charge < -0.3 is 10.2 Å². The van der Waals surface area contributed by atoms with E-state index in [4.69, 9.17) is 10.2 Å². The van der Waals surface area contributed by atoms with E-state index in [-0.39, 0.29) is 11.1 Å². The number of rotatable bonds is 4. The summed E-state index contributed by atoms with van der Waals surface area (Å²) in [5, 5.41) is 17.1. The van der Waals surface area contributed by atoms with Crippen LogP contribution >= 0.6 is 0 Å². The number of hydrogen-bond acceptors (Lipinski definition) is 2. The van der Waals surface area contributed by atoms with Crippen molar-refractivity contribution in [2.75, 3.05) is 0 Å². The van der Waals surface area contributed by atoms with Crippen molar-refractivity contribution in [2.45, 2.75) is 13.8 Å². The third-order valence-corrected chi connectivity index (χ3v) is 1.48. The van der Waals surface area contributed by atoms with E-state index >= 15 is 0 Å². The largest absolute Gasteiger partial charge is 0.478 e. The van der Waals surface area contributed by atoms with Gasteiger partial charge in [-0.2, -0.15) is 0 Å². The minimum absolute atomic E-state index is 0.115. The molecule has 0 atom stereocenters. The van der Waals surface area contributed by atoms with Crippen molar-refractivity contribution < 1.29 is 19.8 Å². The van der Waals surface area contributed by atoms with Crippen LogP contribution < -0.4 is 0 Å². The predicted molar refractivity (Wildman–Crippen MR) is 51.9 cm³/mol. The lowest BCUT2D eigenvalue weighted by molar-refractivity contribution is -0.133. The second-order valence-electron chi connectivity index (χ2n) is 2.84. The van der Waals surface area contributed by atoms with Crippen molar-refractivity contribution in [3.05, 3.63) is 35.5 Å². The Labute approximate surface area is 81.9 Å². The molecule has 0 amide bonds. The van der Waals surface area contributed by atoms with Crippen molar-refractivity contribution in [1.82, 2.24) is 0 Å². The fourth-order valence-electron chi connectivity index (χ4n) is 0.721. The molecule has 76 valence electrons. The molecule has 2 N–H and O–H groups in total. The van der Waals surface area contributed by atoms with Gasteiger partial charge in [-0.1, -0.05) is 6.58 Å². The lowest BCUT2D eigenvalue weighted by atomic mass is 10.1. The molecule has 0 heterocycles. The lowest BCUT2D eigenvalue weighted by Crippen LogP contribution is -1.98. The molecule has 0 saturated carbocycles. The molecule has 0 aliphatic carbocycles. The molecule has 4 nitrogen and oxygen atoms in total. The Hall–Kier alpha value is -1.84. The van der Waals surface area contributed by atoms with Gasteiger partial charge in [-0.15, -0.1) is 0 Å². The quantitative estimate of drug-likeness (QED) is 0.529. The summed E-state index contributed by atoms with van der Waals surface area (Å²) in [6.45, 7) is 6.35. The highest BCUT2D eigenvalue weighted by molar-refractivity contribution is 5.88. The van der Waals surface area contributed by atoms with Crippen LogP contribution in [-0.4, -0.2) is 22.2 Å². The van der Waals surface area contributed by atoms with E-state index in [1.165, 1.54) is 26.0 Å². The Balaban J connectivity index is 4.69. The van der Waals surface area contributed by atoms with Gasteiger partial charge in [0.25, 0.3) is 0 Å². The first-order chi connectivity index (χ1) is 6.34. The molecule has 0 fully saturated rings. The molecule has 0 unspecified atom stereocenters. The van der Waals surface area contributed by atoms with Crippen LogP contribution in [-0.2, 0) is 9.59 Å². The van der Waals surface area contributed by atoms with Crippen LogP contribution in [0.15, 0.2) is 35.5 Å². The van der Waals surface area contributed by atoms with Gasteiger partial charge in [-0.25, -0.2) is 9.59 Å². The average Bonchev–Trinajstić information content (AvgIpc) is 2.03. The van der Waals surface area contributed by atoms with E-state index in [0.29, 0.717) is 5.57 Å². The summed E-state index contributed by atoms with van der Waals surface area (Å²) in [6.07, 6.45) is 2.63. The van der Waals surface area contributed by atoms with Crippen LogP contribution in [0.25, 0.3) is 0 Å². The maximum absolute atomic E-state index is 10.4. The van der Waals surface area contributed by atoms with Crippen molar-refractivity contribution in [3.63, 3.8) is 0 Å². The molecule has 0 aliphatic heterocycles. The number of allylic oxidation sites excluding steroid dienone is 3. The number of carboxylic acid groups (broad SMARTS) is 2. The highest BCUT2D eigenvalue weighted by atomic mass is 16.4. The van der Waals surface area contributed by atoms with Crippen molar-refractivity contribution in [2.24, 2.45) is 0 Å². The average molecular weight is 196 g/mol. The smallest absolute Gasteiger partial charge is 0.331 e. The topological polar surface area (TPSA) is 74.6 Å². The minimum atomic E-state index is -1.05. The second kappa shape index (κ2) is 5.01. The summed E-state index contributed by atoms with van der Waals surface area (Å²) in [6, 6.07) is 0. The molecule has 0 rings (SSSR count). The molecular weight excluding hydrogens is 184 g/mol. The molecule has 0 radical (unpaired) electrons. The summed E-state index contributed by atoms with van der Waals surface area (Å²) in [5.74, 6) is -2.10. The first-order valence-electron chi connectivity index (χ1n) is 3.86. The molecule has 0 aliphatic rings. The maximum Gasteiger partial charge on any atom is 0.331 e. The van der Waals surface area contributed by atoms with Crippen LogP contribution in [0, 0.1) is 0 Å². The van der Waals surface area contributed by atoms with E-state index in [2.05, 4.69) is 6.58 Å². The second-order valence-corrected chi connectivity index (χ2v) is 2.84. The number of hydrogen-bond donors (Lipinski definition) is 2. The predicted octanol–water partition coefficient (Wildman–Crippen LogP) is 1.60. The third kappa shape index (κ3) is 4.25. The van der Waals surface area contributed by atoms with E-state index in [0.717, 1.165) is 0 Å². The molecule has 0 aromatic carbocycles. The van der Waals surface area contributed by atoms with Crippen molar-refractivity contribution in [3.8, 4) is 0 Å². The van der Waals surface area contributed by atoms with Crippen LogP contribution in [0.5, 0.6) is 0 Å². The fraction of sp³-hybridized carbons (Fsp3) is 0.200. The third-order valence-electron chi connectivity index (χ3n) is 1.48. The van der Waals surface area contributed by atoms with Crippen LogP contribution in [0.1, 0.15) is 13.8 Å². The van der Waals surface area contributed by atoms with Gasteiger partial charge >= 0.3 is 11.9 Å². The molecule has 0 spiro atoms. The Bertz CT molecular complexity index is 302. The molecule has 0 bridgehead atoms. The monoisotopic (exact) mass is 196 g/mol. The Morgan fingerprint density at radius 3 is 1.50 bits per heavy atom. The van der Waals surface area contributed by atoms with Gasteiger partial charge in [0.1, 0.15) is 0 Å². The van der Waals surface area contributed by atoms with Crippen LogP contribution in [0.4, 0.5) is 0 Å². The molecule has 14 heavy (non-hydrogen) atoms. The molecule has 0 aromatic heterocycles. The Morgan fingerprint density at radius 1 is 1.00 bits per heavy atom. The lowest BCUT2D eigenvalue weighted by Gasteiger charge is -1.95. The van der Waals surface area contributed by atoms with E-state index < -0.39 is 11.9 Å². The first-order valence-corrected chi connectivity index (χ1v) is 3.86. The van der Waals surface area contributed by atoms with Gasteiger partial charge in [-0.3, -0.25) is 0 Å². The van der Waals surface area contributed by atoms with Gasteiger partial charge in [0.15, 0.2) is 0 Å². The van der Waals surface area contributed by atoms with Gasteiger partial charge in [0, 0.05) is 11.1 Å². The highest BCUT2D eigenvalue weighted by Crippen LogP contribution is 2.05.